The summed E-state index contributed by atoms with van der Waals surface area (Å²) in [6.45, 7) is 4.70. The lowest BCUT2D eigenvalue weighted by molar-refractivity contribution is 0.632. The molecule has 4 aliphatic carbocycles. The first-order valence-electron chi connectivity index (χ1n) is 8.49. The van der Waals surface area contributed by atoms with Crippen molar-refractivity contribution in [1.82, 2.24) is 0 Å². The van der Waals surface area contributed by atoms with Gasteiger partial charge in [-0.25, -0.2) is 0 Å². The Labute approximate surface area is 124 Å². The largest absolute Gasteiger partial charge is 0.0839 e. The number of allylic oxidation sites excluding steroid dienone is 8. The molecule has 0 heterocycles. The lowest BCUT2D eigenvalue weighted by atomic mass is 9.91. The van der Waals surface area contributed by atoms with Crippen LogP contribution < -0.4 is 0 Å². The number of rotatable bonds is 0. The van der Waals surface area contributed by atoms with E-state index < -0.39 is 0 Å². The predicted octanol–water partition coefficient (Wildman–Crippen LogP) is 5.84. The first-order valence-corrected chi connectivity index (χ1v) is 8.49. The number of hydrogen-bond donors (Lipinski definition) is 0. The van der Waals surface area contributed by atoms with Gasteiger partial charge in [0.15, 0.2) is 0 Å². The lowest BCUT2D eigenvalue weighted by Crippen LogP contribution is -2.00. The molecule has 0 spiro atoms. The van der Waals surface area contributed by atoms with Gasteiger partial charge >= 0.3 is 0 Å². The summed E-state index contributed by atoms with van der Waals surface area (Å²) < 4.78 is 0. The molecule has 0 nitrogen and oxygen atoms in total. The van der Waals surface area contributed by atoms with Crippen molar-refractivity contribution in [3.05, 3.63) is 47.6 Å². The number of fused-ring (bicyclic) bond motifs is 2. The van der Waals surface area contributed by atoms with E-state index in [1.54, 1.807) is 11.1 Å². The van der Waals surface area contributed by atoms with E-state index in [1.165, 1.54) is 38.5 Å². The number of hydrogen-bond acceptors (Lipinski definition) is 0. The van der Waals surface area contributed by atoms with Gasteiger partial charge in [0.25, 0.3) is 0 Å². The Morgan fingerprint density at radius 1 is 0.700 bits per heavy atom. The van der Waals surface area contributed by atoms with E-state index in [2.05, 4.69) is 50.3 Å². The normalized spacial score (nSPS) is 37.5. The van der Waals surface area contributed by atoms with Gasteiger partial charge in [-0.3, -0.25) is 0 Å². The summed E-state index contributed by atoms with van der Waals surface area (Å²) in [5.74, 6) is 3.57. The van der Waals surface area contributed by atoms with Crippen molar-refractivity contribution in [2.75, 3.05) is 0 Å². The fraction of sp³-hybridized carbons (Fsp3) is 0.600. The third-order valence-corrected chi connectivity index (χ3v) is 5.67. The van der Waals surface area contributed by atoms with Gasteiger partial charge in [0, 0.05) is 0 Å². The summed E-state index contributed by atoms with van der Waals surface area (Å²) in [6.07, 6.45) is 22.0. The van der Waals surface area contributed by atoms with Crippen molar-refractivity contribution >= 4 is 0 Å². The average Bonchev–Trinajstić information content (AvgIpc) is 3.05. The van der Waals surface area contributed by atoms with Crippen molar-refractivity contribution in [2.24, 2.45) is 23.7 Å². The van der Waals surface area contributed by atoms with E-state index in [9.17, 15) is 0 Å². The molecule has 0 aromatic rings. The average molecular weight is 268 g/mol. The van der Waals surface area contributed by atoms with Crippen molar-refractivity contribution in [3.63, 3.8) is 0 Å². The molecule has 0 aliphatic heterocycles. The van der Waals surface area contributed by atoms with Crippen molar-refractivity contribution in [1.29, 1.82) is 0 Å². The van der Waals surface area contributed by atoms with Crippen LogP contribution in [0, 0.1) is 23.7 Å². The Morgan fingerprint density at radius 2 is 1.15 bits per heavy atom. The zero-order chi connectivity index (χ0) is 13.9. The van der Waals surface area contributed by atoms with Gasteiger partial charge in [0.05, 0.1) is 0 Å². The van der Waals surface area contributed by atoms with Gasteiger partial charge < -0.3 is 0 Å². The van der Waals surface area contributed by atoms with Crippen LogP contribution in [-0.2, 0) is 0 Å². The zero-order valence-corrected chi connectivity index (χ0v) is 13.0. The molecule has 20 heavy (non-hydrogen) atoms. The molecule has 0 bridgehead atoms. The fourth-order valence-corrected chi connectivity index (χ4v) is 4.33. The fourth-order valence-electron chi connectivity index (χ4n) is 4.33. The third-order valence-electron chi connectivity index (χ3n) is 5.67. The summed E-state index contributed by atoms with van der Waals surface area (Å²) in [7, 11) is 0. The Kier molecular flexibility index (Phi) is 4.29. The molecule has 2 saturated carbocycles. The van der Waals surface area contributed by atoms with Gasteiger partial charge in [0.2, 0.25) is 0 Å². The Bertz CT molecular complexity index is 416. The van der Waals surface area contributed by atoms with Crippen LogP contribution in [0.2, 0.25) is 0 Å². The van der Waals surface area contributed by atoms with Crippen LogP contribution in [0.4, 0.5) is 0 Å². The van der Waals surface area contributed by atoms with E-state index in [1.807, 2.05) is 0 Å². The van der Waals surface area contributed by atoms with E-state index >= 15 is 0 Å². The molecule has 0 aromatic carbocycles. The van der Waals surface area contributed by atoms with Gasteiger partial charge in [-0.15, -0.1) is 0 Å². The quantitative estimate of drug-likeness (QED) is 0.518. The van der Waals surface area contributed by atoms with Crippen molar-refractivity contribution < 1.29 is 0 Å². The monoisotopic (exact) mass is 268 g/mol. The molecule has 4 unspecified atom stereocenters. The molecule has 0 radical (unpaired) electrons. The first-order chi connectivity index (χ1) is 9.75. The lowest BCUT2D eigenvalue weighted by Gasteiger charge is -2.14. The molecule has 0 N–H and O–H groups in total. The highest BCUT2D eigenvalue weighted by molar-refractivity contribution is 5.26. The van der Waals surface area contributed by atoms with E-state index in [-0.39, 0.29) is 0 Å². The smallest absolute Gasteiger partial charge is 0.0163 e. The molecule has 2 fully saturated rings. The molecule has 0 amide bonds. The topological polar surface area (TPSA) is 0 Å². The van der Waals surface area contributed by atoms with Crippen LogP contribution in [0.1, 0.15) is 52.4 Å². The molecule has 4 atom stereocenters. The third kappa shape index (κ3) is 2.85. The Balaban J connectivity index is 0.000000121. The second-order valence-electron chi connectivity index (χ2n) is 7.01. The minimum atomic E-state index is 0.870. The second kappa shape index (κ2) is 6.16. The van der Waals surface area contributed by atoms with Gasteiger partial charge in [-0.1, -0.05) is 61.4 Å². The summed E-state index contributed by atoms with van der Waals surface area (Å²) in [6, 6.07) is 0. The highest BCUT2D eigenvalue weighted by Gasteiger charge is 2.27. The maximum absolute atomic E-state index is 2.35. The van der Waals surface area contributed by atoms with Crippen LogP contribution in [0.25, 0.3) is 0 Å². The standard InChI is InChI=1S/2C10H14/c2*1-8-6-7-9-4-2-3-5-10(8)9/h2*2-3,5,8-9H,4,6-7H2,1H3. The van der Waals surface area contributed by atoms with Crippen LogP contribution in [0.3, 0.4) is 0 Å². The molecular weight excluding hydrogens is 240 g/mol. The summed E-state index contributed by atoms with van der Waals surface area (Å²) in [5, 5.41) is 0. The van der Waals surface area contributed by atoms with E-state index in [0.717, 1.165) is 23.7 Å². The summed E-state index contributed by atoms with van der Waals surface area (Å²) in [4.78, 5) is 0. The molecule has 0 aromatic heterocycles. The molecule has 4 aliphatic rings. The molecule has 0 saturated heterocycles. The zero-order valence-electron chi connectivity index (χ0n) is 13.0. The van der Waals surface area contributed by atoms with Crippen LogP contribution in [-0.4, -0.2) is 0 Å². The highest BCUT2D eigenvalue weighted by Crippen LogP contribution is 2.40. The van der Waals surface area contributed by atoms with Crippen LogP contribution >= 0.6 is 0 Å². The second-order valence-corrected chi connectivity index (χ2v) is 7.01. The predicted molar refractivity (Wildman–Crippen MR) is 87.5 cm³/mol. The molecule has 108 valence electrons. The van der Waals surface area contributed by atoms with Gasteiger partial charge in [-0.05, 0) is 62.2 Å². The Morgan fingerprint density at radius 3 is 1.55 bits per heavy atom. The van der Waals surface area contributed by atoms with Crippen molar-refractivity contribution in [3.8, 4) is 0 Å². The SMILES string of the molecule is CC1CCC2CC=CC=C12.CC1CCC2CC=CC=C12. The maximum atomic E-state index is 2.35. The van der Waals surface area contributed by atoms with Crippen molar-refractivity contribution in [2.45, 2.75) is 52.4 Å². The minimum absolute atomic E-state index is 0.870. The first kappa shape index (κ1) is 13.9. The molecule has 4 rings (SSSR count). The van der Waals surface area contributed by atoms with Gasteiger partial charge in [-0.2, -0.15) is 0 Å². The summed E-state index contributed by atoms with van der Waals surface area (Å²) >= 11 is 0. The van der Waals surface area contributed by atoms with E-state index in [0.29, 0.717) is 0 Å². The Hall–Kier alpha value is -1.04. The highest BCUT2D eigenvalue weighted by atomic mass is 14.3. The van der Waals surface area contributed by atoms with Gasteiger partial charge in [0.1, 0.15) is 0 Å². The maximum Gasteiger partial charge on any atom is -0.0163 e. The molecular formula is C20H28. The van der Waals surface area contributed by atoms with Crippen LogP contribution in [0.5, 0.6) is 0 Å². The minimum Gasteiger partial charge on any atom is -0.0839 e. The van der Waals surface area contributed by atoms with E-state index in [4.69, 9.17) is 0 Å². The van der Waals surface area contributed by atoms with Crippen LogP contribution in [0.15, 0.2) is 47.6 Å². The summed E-state index contributed by atoms with van der Waals surface area (Å²) in [5.41, 5.74) is 3.42. The molecule has 0 heteroatoms.